The van der Waals surface area contributed by atoms with E-state index < -0.39 is 13.7 Å². The summed E-state index contributed by atoms with van der Waals surface area (Å²) < 4.78 is 67.7. The number of hydrogen-bond donors (Lipinski definition) is 0. The smallest absolute Gasteiger partial charge is 0.165 e. The molecule has 8 rings (SSSR count). The molecular formula is C44H38FIrN3O-2. The molecule has 8 aromatic rings. The van der Waals surface area contributed by atoms with Crippen LogP contribution in [0, 0.1) is 31.7 Å². The van der Waals surface area contributed by atoms with Gasteiger partial charge in [0.05, 0.1) is 22.4 Å². The van der Waals surface area contributed by atoms with Crippen LogP contribution in [0.1, 0.15) is 70.0 Å². The average molecular weight is 842 g/mol. The molecule has 1 radical (unpaired) electrons. The molecule has 0 atom stereocenters. The molecule has 0 aliphatic rings. The minimum absolute atomic E-state index is 0. The van der Waals surface area contributed by atoms with Gasteiger partial charge in [-0.2, -0.15) is 0 Å². The zero-order valence-electron chi connectivity index (χ0n) is 34.0. The Morgan fingerprint density at radius 2 is 1.48 bits per heavy atom. The van der Waals surface area contributed by atoms with Gasteiger partial charge < -0.3 is 14.0 Å². The van der Waals surface area contributed by atoms with Crippen LogP contribution in [-0.4, -0.2) is 14.5 Å². The number of aromatic nitrogens is 3. The maximum atomic E-state index is 14.6. The van der Waals surface area contributed by atoms with Gasteiger partial charge >= 0.3 is 0 Å². The first-order chi connectivity index (χ1) is 26.1. The molecule has 0 aliphatic carbocycles. The second-order valence-corrected chi connectivity index (χ2v) is 12.6. The fourth-order valence-electron chi connectivity index (χ4n) is 6.24. The summed E-state index contributed by atoms with van der Waals surface area (Å²) in [5.74, 6) is 1.01. The summed E-state index contributed by atoms with van der Waals surface area (Å²) in [5, 5.41) is 1.61. The molecule has 3 aromatic heterocycles. The van der Waals surface area contributed by atoms with E-state index in [0.717, 1.165) is 45.1 Å². The Kier molecular flexibility index (Phi) is 8.10. The number of para-hydroxylation sites is 4. The van der Waals surface area contributed by atoms with Crippen LogP contribution >= 0.6 is 0 Å². The minimum Gasteiger partial charge on any atom is -0.497 e. The van der Waals surface area contributed by atoms with Crippen LogP contribution in [0.5, 0.6) is 0 Å². The van der Waals surface area contributed by atoms with Gasteiger partial charge in [-0.05, 0) is 66.1 Å². The summed E-state index contributed by atoms with van der Waals surface area (Å²) in [6.45, 7) is 3.87. The first kappa shape index (κ1) is 27.9. The van der Waals surface area contributed by atoms with Crippen molar-refractivity contribution in [2.24, 2.45) is 0 Å². The summed E-state index contributed by atoms with van der Waals surface area (Å²) in [6, 6.07) is 38.1. The van der Waals surface area contributed by atoms with E-state index in [1.165, 1.54) is 23.3 Å². The summed E-state index contributed by atoms with van der Waals surface area (Å²) in [7, 11) is 0. The Balaban J connectivity index is 0.000000217. The number of pyridine rings is 1. The van der Waals surface area contributed by atoms with Crippen LogP contribution in [-0.2, 0) is 20.1 Å². The van der Waals surface area contributed by atoms with Crippen LogP contribution in [0.25, 0.3) is 61.3 Å². The van der Waals surface area contributed by atoms with E-state index in [0.29, 0.717) is 28.7 Å². The maximum absolute atomic E-state index is 14.6. The molecule has 6 heteroatoms. The second kappa shape index (κ2) is 14.5. The molecule has 3 heterocycles. The van der Waals surface area contributed by atoms with Crippen molar-refractivity contribution in [1.29, 1.82) is 0 Å². The largest absolute Gasteiger partial charge is 0.497 e. The quantitative estimate of drug-likeness (QED) is 0.162. The zero-order valence-corrected chi connectivity index (χ0v) is 30.4. The number of benzene rings is 5. The van der Waals surface area contributed by atoms with Gasteiger partial charge in [0.2, 0.25) is 0 Å². The Morgan fingerprint density at radius 3 is 2.20 bits per heavy atom. The predicted molar refractivity (Wildman–Crippen MR) is 199 cm³/mol. The van der Waals surface area contributed by atoms with E-state index in [-0.39, 0.29) is 42.6 Å². The molecule has 0 unspecified atom stereocenters. The molecule has 4 nitrogen and oxygen atoms in total. The number of aryl methyl sites for hydroxylation is 2. The maximum Gasteiger partial charge on any atom is 0.165 e. The third-order valence-electron chi connectivity index (χ3n) is 8.65. The van der Waals surface area contributed by atoms with Crippen molar-refractivity contribution in [3.05, 3.63) is 150 Å². The van der Waals surface area contributed by atoms with Gasteiger partial charge in [-0.1, -0.05) is 92.7 Å². The van der Waals surface area contributed by atoms with E-state index in [1.807, 2.05) is 36.4 Å². The van der Waals surface area contributed by atoms with Crippen LogP contribution in [0.15, 0.2) is 114 Å². The molecule has 0 saturated heterocycles. The molecule has 0 fully saturated rings. The topological polar surface area (TPSA) is 43.9 Å². The van der Waals surface area contributed by atoms with E-state index in [1.54, 1.807) is 30.3 Å². The zero-order chi connectivity index (χ0) is 39.2. The number of fused-ring (bicyclic) bond motifs is 4. The van der Waals surface area contributed by atoms with Crippen LogP contribution in [0.2, 0.25) is 0 Å². The van der Waals surface area contributed by atoms with Gasteiger partial charge in [0.25, 0.3) is 0 Å². The van der Waals surface area contributed by atoms with E-state index in [9.17, 15) is 4.39 Å². The third kappa shape index (κ3) is 6.42. The summed E-state index contributed by atoms with van der Waals surface area (Å²) in [4.78, 5) is 9.13. The molecule has 0 bridgehead atoms. The average Bonchev–Trinajstić information content (AvgIpc) is 3.74. The van der Waals surface area contributed by atoms with Gasteiger partial charge in [-0.25, -0.2) is 4.39 Å². The number of imidazole rings is 1. The van der Waals surface area contributed by atoms with Gasteiger partial charge in [0.1, 0.15) is 0 Å². The fourth-order valence-corrected chi connectivity index (χ4v) is 6.24. The van der Waals surface area contributed by atoms with Crippen molar-refractivity contribution < 1.29 is 37.1 Å². The standard InChI is InChI=1S/C31H26FN2O.C13H12N.Ir/c1-18(2)20-10-7-11-21(19(3)4)28(20)34-27-17-6-5-16-26(27)33-31(34)24-14-8-12-22-23-13-9-15-25(32)30(23)35-29(22)24;1-10-8-13(14-9-11(10)2)12-6-4-3-5-7-12;/h5-13,15-19H,1-4H3;3-6,8-9H,1-2H3;/q2*-1;/i;1D3,2D3;. The minimum atomic E-state index is -2.50. The van der Waals surface area contributed by atoms with Crippen LogP contribution in [0.3, 0.4) is 0 Å². The molecular weight excluding hydrogens is 798 g/mol. The van der Waals surface area contributed by atoms with Gasteiger partial charge in [0.15, 0.2) is 11.4 Å². The molecule has 50 heavy (non-hydrogen) atoms. The van der Waals surface area contributed by atoms with Gasteiger partial charge in [-0.15, -0.1) is 54.1 Å². The summed E-state index contributed by atoms with van der Waals surface area (Å²) in [5.41, 5.74) is 7.72. The first-order valence-electron chi connectivity index (χ1n) is 19.3. The van der Waals surface area contributed by atoms with Crippen LogP contribution in [0.4, 0.5) is 4.39 Å². The van der Waals surface area contributed by atoms with Crippen molar-refractivity contribution in [2.75, 3.05) is 0 Å². The molecule has 253 valence electrons. The van der Waals surface area contributed by atoms with Crippen molar-refractivity contribution in [1.82, 2.24) is 14.5 Å². The molecule has 0 saturated carbocycles. The summed E-state index contributed by atoms with van der Waals surface area (Å²) >= 11 is 0. The number of hydrogen-bond acceptors (Lipinski definition) is 3. The number of rotatable bonds is 5. The second-order valence-electron chi connectivity index (χ2n) is 12.6. The number of halogens is 1. The number of furan rings is 1. The van der Waals surface area contributed by atoms with Crippen molar-refractivity contribution in [3.63, 3.8) is 0 Å². The molecule has 0 spiro atoms. The van der Waals surface area contributed by atoms with E-state index in [4.69, 9.17) is 17.6 Å². The molecule has 0 N–H and O–H groups in total. The third-order valence-corrected chi connectivity index (χ3v) is 8.65. The van der Waals surface area contributed by atoms with Crippen molar-refractivity contribution in [2.45, 2.75) is 53.2 Å². The van der Waals surface area contributed by atoms with Gasteiger partial charge in [0, 0.05) is 45.6 Å². The Labute approximate surface area is 314 Å². The Morgan fingerprint density at radius 1 is 0.760 bits per heavy atom. The molecule has 0 aliphatic heterocycles. The summed E-state index contributed by atoms with van der Waals surface area (Å²) in [6.07, 6.45) is 1.12. The van der Waals surface area contributed by atoms with Crippen molar-refractivity contribution >= 4 is 33.0 Å². The SMILES string of the molecule is CC(C)c1cccc(C(C)C)c1-n1c(-c2[c-]ccc3c2oc2c(F)cccc23)nc2ccccc21.[2H]C([2H])([2H])c1cnc(-c2[c-]cccc2)cc1C([2H])([2H])[2H].[Ir]. The fraction of sp³-hybridized carbons (Fsp3) is 0.182. The molecule has 0 amide bonds. The van der Waals surface area contributed by atoms with E-state index >= 15 is 0 Å². The Hall–Kier alpha value is -4.90. The normalized spacial score (nSPS) is 13.6. The first-order valence-corrected chi connectivity index (χ1v) is 16.3. The van der Waals surface area contributed by atoms with Crippen molar-refractivity contribution in [3.8, 4) is 28.3 Å². The molecule has 5 aromatic carbocycles. The predicted octanol–water partition coefficient (Wildman–Crippen LogP) is 11.9. The van der Waals surface area contributed by atoms with Gasteiger partial charge in [-0.3, -0.25) is 4.98 Å². The van der Waals surface area contributed by atoms with E-state index in [2.05, 4.69) is 73.6 Å². The monoisotopic (exact) mass is 842 g/mol. The number of nitrogens with zero attached hydrogens (tertiary/aromatic N) is 3. The Bertz CT molecular complexity index is 2640. The van der Waals surface area contributed by atoms with Crippen LogP contribution < -0.4 is 0 Å².